The van der Waals surface area contributed by atoms with Crippen molar-refractivity contribution in [3.05, 3.63) is 23.5 Å². The van der Waals surface area contributed by atoms with E-state index in [2.05, 4.69) is 10.3 Å². The van der Waals surface area contributed by atoms with Crippen molar-refractivity contribution in [2.24, 2.45) is 0 Å². The van der Waals surface area contributed by atoms with E-state index in [1.165, 1.54) is 0 Å². The van der Waals surface area contributed by atoms with Crippen LogP contribution in [0.3, 0.4) is 0 Å². The fraction of sp³-hybridized carbons (Fsp3) is 0.600. The van der Waals surface area contributed by atoms with Crippen molar-refractivity contribution >= 4 is 11.6 Å². The van der Waals surface area contributed by atoms with Crippen molar-refractivity contribution in [1.29, 1.82) is 0 Å². The highest BCUT2D eigenvalue weighted by atomic mass is 16.5. The first-order chi connectivity index (χ1) is 9.54. The quantitative estimate of drug-likeness (QED) is 0.915. The van der Waals surface area contributed by atoms with E-state index >= 15 is 0 Å². The number of pyridine rings is 1. The molecule has 1 aromatic heterocycles. The van der Waals surface area contributed by atoms with Gasteiger partial charge in [-0.3, -0.25) is 9.78 Å². The van der Waals surface area contributed by atoms with Gasteiger partial charge in [0.2, 0.25) is 0 Å². The molecule has 5 nitrogen and oxygen atoms in total. The molecular weight excluding hydrogens is 254 g/mol. The molecule has 110 valence electrons. The number of aryl methyl sites for hydroxylation is 1. The molecule has 1 amide bonds. The summed E-state index contributed by atoms with van der Waals surface area (Å²) in [6, 6.07) is 2.05. The lowest BCUT2D eigenvalue weighted by molar-refractivity contribution is 0.0575. The first-order valence-electron chi connectivity index (χ1n) is 7.13. The Kier molecular flexibility index (Phi) is 4.60. The highest BCUT2D eigenvalue weighted by molar-refractivity contribution is 5.99. The first-order valence-corrected chi connectivity index (χ1v) is 7.13. The van der Waals surface area contributed by atoms with Crippen LogP contribution in [-0.2, 0) is 4.74 Å². The summed E-state index contributed by atoms with van der Waals surface area (Å²) in [5.41, 5.74) is 2.38. The molecule has 2 rings (SSSR count). The summed E-state index contributed by atoms with van der Waals surface area (Å²) in [6.07, 6.45) is 2.64. The third kappa shape index (κ3) is 2.93. The molecule has 20 heavy (non-hydrogen) atoms. The second-order valence-corrected chi connectivity index (χ2v) is 5.25. The van der Waals surface area contributed by atoms with E-state index < -0.39 is 0 Å². The summed E-state index contributed by atoms with van der Waals surface area (Å²) in [7, 11) is 1.84. The molecule has 2 heterocycles. The molecule has 0 saturated carbocycles. The van der Waals surface area contributed by atoms with Crippen LogP contribution in [-0.4, -0.2) is 48.1 Å². The number of nitrogens with zero attached hydrogens (tertiary/aromatic N) is 2. The number of aromatic nitrogens is 1. The number of nitrogens with one attached hydrogen (secondary N) is 1. The Hall–Kier alpha value is -1.62. The van der Waals surface area contributed by atoms with E-state index in [1.54, 1.807) is 11.1 Å². The van der Waals surface area contributed by atoms with Crippen molar-refractivity contribution in [2.75, 3.05) is 25.5 Å². The van der Waals surface area contributed by atoms with E-state index in [1.807, 2.05) is 33.9 Å². The Morgan fingerprint density at radius 2 is 2.35 bits per heavy atom. The van der Waals surface area contributed by atoms with Crippen LogP contribution in [0.25, 0.3) is 0 Å². The number of ether oxygens (including phenoxy) is 1. The molecule has 1 aliphatic heterocycles. The Bertz CT molecular complexity index is 490. The molecule has 1 fully saturated rings. The standard InChI is InChI=1S/C15H23N3O2/c1-5-16-13-8-10(2)17-9-12(13)15(19)18(4)14-6-7-20-11(14)3/h8-9,11,14H,5-7H2,1-4H3,(H,16,17). The molecule has 2 atom stereocenters. The Labute approximate surface area is 120 Å². The molecule has 0 radical (unpaired) electrons. The number of likely N-dealkylation sites (N-methyl/N-ethyl adjacent to an activating group) is 1. The maximum atomic E-state index is 12.7. The van der Waals surface area contributed by atoms with Crippen LogP contribution in [0, 0.1) is 6.92 Å². The average molecular weight is 277 g/mol. The fourth-order valence-corrected chi connectivity index (χ4v) is 2.64. The van der Waals surface area contributed by atoms with E-state index in [0.29, 0.717) is 5.56 Å². The molecule has 5 heteroatoms. The van der Waals surface area contributed by atoms with E-state index in [9.17, 15) is 4.79 Å². The van der Waals surface area contributed by atoms with E-state index in [0.717, 1.165) is 31.0 Å². The molecule has 0 aliphatic carbocycles. The lowest BCUT2D eigenvalue weighted by atomic mass is 10.1. The highest BCUT2D eigenvalue weighted by Gasteiger charge is 2.31. The normalized spacial score (nSPS) is 21.8. The summed E-state index contributed by atoms with van der Waals surface area (Å²) in [6.45, 7) is 7.44. The van der Waals surface area contributed by atoms with Crippen LogP contribution in [0.15, 0.2) is 12.3 Å². The van der Waals surface area contributed by atoms with Crippen LogP contribution in [0.4, 0.5) is 5.69 Å². The van der Waals surface area contributed by atoms with Gasteiger partial charge in [0.05, 0.1) is 23.4 Å². The molecule has 1 aliphatic rings. The van der Waals surface area contributed by atoms with Gasteiger partial charge in [-0.05, 0) is 33.3 Å². The molecular formula is C15H23N3O2. The summed E-state index contributed by atoms with van der Waals surface area (Å²) in [4.78, 5) is 18.7. The molecule has 0 bridgehead atoms. The number of carbonyl (C=O) groups is 1. The van der Waals surface area contributed by atoms with Crippen LogP contribution in [0.1, 0.15) is 36.3 Å². The molecule has 1 saturated heterocycles. The van der Waals surface area contributed by atoms with Gasteiger partial charge >= 0.3 is 0 Å². The van der Waals surface area contributed by atoms with Crippen molar-refractivity contribution in [3.8, 4) is 0 Å². The maximum absolute atomic E-state index is 12.7. The smallest absolute Gasteiger partial charge is 0.257 e. The Morgan fingerprint density at radius 1 is 1.60 bits per heavy atom. The monoisotopic (exact) mass is 277 g/mol. The van der Waals surface area contributed by atoms with Crippen LogP contribution in [0.2, 0.25) is 0 Å². The second kappa shape index (κ2) is 6.22. The number of carbonyl (C=O) groups excluding carboxylic acids is 1. The van der Waals surface area contributed by atoms with Crippen LogP contribution >= 0.6 is 0 Å². The number of anilines is 1. The first kappa shape index (κ1) is 14.8. The SMILES string of the molecule is CCNc1cc(C)ncc1C(=O)N(C)C1CCOC1C. The number of hydrogen-bond donors (Lipinski definition) is 1. The molecule has 1 N–H and O–H groups in total. The third-order valence-corrected chi connectivity index (χ3v) is 3.79. The Morgan fingerprint density at radius 3 is 2.95 bits per heavy atom. The summed E-state index contributed by atoms with van der Waals surface area (Å²) in [5.74, 6) is -0.00389. The van der Waals surface area contributed by atoms with Crippen molar-refractivity contribution in [3.63, 3.8) is 0 Å². The maximum Gasteiger partial charge on any atom is 0.257 e. The Balaban J connectivity index is 2.23. The van der Waals surface area contributed by atoms with Gasteiger partial charge in [0.1, 0.15) is 0 Å². The second-order valence-electron chi connectivity index (χ2n) is 5.25. The largest absolute Gasteiger partial charge is 0.385 e. The highest BCUT2D eigenvalue weighted by Crippen LogP contribution is 2.23. The lowest BCUT2D eigenvalue weighted by Crippen LogP contribution is -2.41. The van der Waals surface area contributed by atoms with Gasteiger partial charge in [0.15, 0.2) is 0 Å². The van der Waals surface area contributed by atoms with Crippen LogP contribution < -0.4 is 5.32 Å². The minimum Gasteiger partial charge on any atom is -0.385 e. The van der Waals surface area contributed by atoms with Crippen molar-refractivity contribution < 1.29 is 9.53 Å². The summed E-state index contributed by atoms with van der Waals surface area (Å²) in [5, 5.41) is 3.24. The van der Waals surface area contributed by atoms with Gasteiger partial charge < -0.3 is 15.0 Å². The van der Waals surface area contributed by atoms with Gasteiger partial charge in [0, 0.05) is 32.1 Å². The van der Waals surface area contributed by atoms with Gasteiger partial charge in [-0.15, -0.1) is 0 Å². The van der Waals surface area contributed by atoms with Crippen molar-refractivity contribution in [1.82, 2.24) is 9.88 Å². The minimum atomic E-state index is -0.00389. The van der Waals surface area contributed by atoms with Gasteiger partial charge in [-0.25, -0.2) is 0 Å². The molecule has 0 aromatic carbocycles. The fourth-order valence-electron chi connectivity index (χ4n) is 2.64. The minimum absolute atomic E-state index is 0.00389. The average Bonchev–Trinajstić information content (AvgIpc) is 2.84. The molecule has 0 spiro atoms. The molecule has 2 unspecified atom stereocenters. The molecule has 1 aromatic rings. The summed E-state index contributed by atoms with van der Waals surface area (Å²) < 4.78 is 5.54. The van der Waals surface area contributed by atoms with Gasteiger partial charge in [0.25, 0.3) is 5.91 Å². The third-order valence-electron chi connectivity index (χ3n) is 3.79. The zero-order valence-corrected chi connectivity index (χ0v) is 12.6. The zero-order chi connectivity index (χ0) is 14.7. The number of rotatable bonds is 4. The van der Waals surface area contributed by atoms with Crippen molar-refractivity contribution in [2.45, 2.75) is 39.3 Å². The van der Waals surface area contributed by atoms with E-state index in [4.69, 9.17) is 4.74 Å². The predicted octanol–water partition coefficient (Wildman–Crippen LogP) is 2.07. The summed E-state index contributed by atoms with van der Waals surface area (Å²) >= 11 is 0. The lowest BCUT2D eigenvalue weighted by Gasteiger charge is -2.27. The predicted molar refractivity (Wildman–Crippen MR) is 79.1 cm³/mol. The van der Waals surface area contributed by atoms with Gasteiger partial charge in [-0.2, -0.15) is 0 Å². The topological polar surface area (TPSA) is 54.5 Å². The van der Waals surface area contributed by atoms with Gasteiger partial charge in [-0.1, -0.05) is 0 Å². The van der Waals surface area contributed by atoms with E-state index in [-0.39, 0.29) is 18.1 Å². The number of hydrogen-bond acceptors (Lipinski definition) is 4. The zero-order valence-electron chi connectivity index (χ0n) is 12.6. The number of amides is 1. The van der Waals surface area contributed by atoms with Crippen LogP contribution in [0.5, 0.6) is 0 Å².